The van der Waals surface area contributed by atoms with Crippen molar-refractivity contribution >= 4 is 23.1 Å². The standard InChI is InChI=1S/C18H21N3O/c1-11-8-12(2)17(13(3)9-11)20-15-6-7-16(19-10-15)21-18(22)14-4-5-14/h6-10,14,20H,4-5H2,1-3H3,(H,19,21,22). The van der Waals surface area contributed by atoms with Gasteiger partial charge in [0.15, 0.2) is 0 Å². The van der Waals surface area contributed by atoms with E-state index in [1.807, 2.05) is 12.1 Å². The number of amides is 1. The Hall–Kier alpha value is -2.36. The highest BCUT2D eigenvalue weighted by atomic mass is 16.2. The highest BCUT2D eigenvalue weighted by Gasteiger charge is 2.29. The molecule has 0 atom stereocenters. The van der Waals surface area contributed by atoms with Crippen LogP contribution in [0.3, 0.4) is 0 Å². The molecule has 1 aromatic heterocycles. The summed E-state index contributed by atoms with van der Waals surface area (Å²) >= 11 is 0. The third kappa shape index (κ3) is 3.27. The molecule has 2 N–H and O–H groups in total. The molecule has 0 bridgehead atoms. The number of carbonyl (C=O) groups excluding carboxylic acids is 1. The Balaban J connectivity index is 1.72. The monoisotopic (exact) mass is 295 g/mol. The number of benzene rings is 1. The van der Waals surface area contributed by atoms with Gasteiger partial charge in [-0.1, -0.05) is 17.7 Å². The molecule has 0 saturated heterocycles. The summed E-state index contributed by atoms with van der Waals surface area (Å²) < 4.78 is 0. The molecule has 1 heterocycles. The molecule has 0 aliphatic heterocycles. The van der Waals surface area contributed by atoms with Gasteiger partial charge in [0.05, 0.1) is 11.9 Å². The van der Waals surface area contributed by atoms with E-state index in [1.165, 1.54) is 16.7 Å². The molecular weight excluding hydrogens is 274 g/mol. The number of rotatable bonds is 4. The normalized spacial score (nSPS) is 13.8. The molecule has 2 aromatic rings. The van der Waals surface area contributed by atoms with Crippen LogP contribution in [-0.4, -0.2) is 10.9 Å². The third-order valence-electron chi connectivity index (χ3n) is 3.91. The van der Waals surface area contributed by atoms with Crippen LogP contribution in [0.5, 0.6) is 0 Å². The van der Waals surface area contributed by atoms with Gasteiger partial charge in [-0.15, -0.1) is 0 Å². The molecular formula is C18H21N3O. The molecule has 1 aliphatic rings. The first-order chi connectivity index (χ1) is 10.5. The van der Waals surface area contributed by atoms with E-state index in [1.54, 1.807) is 6.20 Å². The number of anilines is 3. The Morgan fingerprint density at radius 2 is 1.82 bits per heavy atom. The van der Waals surface area contributed by atoms with Gasteiger partial charge in [0, 0.05) is 11.6 Å². The summed E-state index contributed by atoms with van der Waals surface area (Å²) in [6, 6.07) is 8.09. The van der Waals surface area contributed by atoms with Crippen molar-refractivity contribution in [3.05, 3.63) is 47.2 Å². The first-order valence-corrected chi connectivity index (χ1v) is 7.65. The van der Waals surface area contributed by atoms with Gasteiger partial charge in [-0.2, -0.15) is 0 Å². The van der Waals surface area contributed by atoms with Crippen LogP contribution < -0.4 is 10.6 Å². The van der Waals surface area contributed by atoms with Crippen molar-refractivity contribution < 1.29 is 4.79 Å². The van der Waals surface area contributed by atoms with E-state index in [2.05, 4.69) is 48.5 Å². The SMILES string of the molecule is Cc1cc(C)c(Nc2ccc(NC(=O)C3CC3)nc2)c(C)c1. The summed E-state index contributed by atoms with van der Waals surface area (Å²) in [7, 11) is 0. The van der Waals surface area contributed by atoms with E-state index >= 15 is 0 Å². The van der Waals surface area contributed by atoms with Crippen molar-refractivity contribution in [2.75, 3.05) is 10.6 Å². The summed E-state index contributed by atoms with van der Waals surface area (Å²) in [4.78, 5) is 16.0. The molecule has 3 rings (SSSR count). The average molecular weight is 295 g/mol. The van der Waals surface area contributed by atoms with Crippen LogP contribution in [0.2, 0.25) is 0 Å². The number of nitrogens with zero attached hydrogens (tertiary/aromatic N) is 1. The molecule has 1 aliphatic carbocycles. The number of aromatic nitrogens is 1. The van der Waals surface area contributed by atoms with Crippen LogP contribution in [0, 0.1) is 26.7 Å². The van der Waals surface area contributed by atoms with Gasteiger partial charge in [0.2, 0.25) is 5.91 Å². The van der Waals surface area contributed by atoms with Crippen molar-refractivity contribution in [1.82, 2.24) is 4.98 Å². The van der Waals surface area contributed by atoms with Gasteiger partial charge in [0.1, 0.15) is 5.82 Å². The third-order valence-corrected chi connectivity index (χ3v) is 3.91. The van der Waals surface area contributed by atoms with Crippen LogP contribution in [0.15, 0.2) is 30.5 Å². The maximum absolute atomic E-state index is 11.7. The van der Waals surface area contributed by atoms with E-state index < -0.39 is 0 Å². The minimum atomic E-state index is 0.0819. The second-order valence-corrected chi connectivity index (χ2v) is 6.09. The predicted molar refractivity (Wildman–Crippen MR) is 89.5 cm³/mol. The zero-order valence-corrected chi connectivity index (χ0v) is 13.2. The van der Waals surface area contributed by atoms with E-state index in [9.17, 15) is 4.79 Å². The van der Waals surface area contributed by atoms with Crippen molar-refractivity contribution in [3.8, 4) is 0 Å². The molecule has 0 unspecified atom stereocenters. The van der Waals surface area contributed by atoms with Gasteiger partial charge < -0.3 is 10.6 Å². The van der Waals surface area contributed by atoms with E-state index in [4.69, 9.17) is 0 Å². The van der Waals surface area contributed by atoms with Gasteiger partial charge in [-0.3, -0.25) is 4.79 Å². The summed E-state index contributed by atoms with van der Waals surface area (Å²) in [5.74, 6) is 0.885. The number of hydrogen-bond acceptors (Lipinski definition) is 3. The van der Waals surface area contributed by atoms with Crippen molar-refractivity contribution in [1.29, 1.82) is 0 Å². The molecule has 1 amide bonds. The minimum Gasteiger partial charge on any atom is -0.354 e. The lowest BCUT2D eigenvalue weighted by Gasteiger charge is -2.14. The maximum Gasteiger partial charge on any atom is 0.228 e. The maximum atomic E-state index is 11.7. The van der Waals surface area contributed by atoms with E-state index in [-0.39, 0.29) is 11.8 Å². The van der Waals surface area contributed by atoms with Crippen molar-refractivity contribution in [3.63, 3.8) is 0 Å². The predicted octanol–water partition coefficient (Wildman–Crippen LogP) is 4.10. The first kappa shape index (κ1) is 14.6. The van der Waals surface area contributed by atoms with Crippen molar-refractivity contribution in [2.45, 2.75) is 33.6 Å². The second-order valence-electron chi connectivity index (χ2n) is 6.09. The zero-order valence-electron chi connectivity index (χ0n) is 13.2. The lowest BCUT2D eigenvalue weighted by molar-refractivity contribution is -0.117. The van der Waals surface area contributed by atoms with E-state index in [0.29, 0.717) is 5.82 Å². The second kappa shape index (κ2) is 5.79. The number of nitrogens with one attached hydrogen (secondary N) is 2. The highest BCUT2D eigenvalue weighted by Crippen LogP contribution is 2.30. The Morgan fingerprint density at radius 1 is 1.14 bits per heavy atom. The number of aryl methyl sites for hydroxylation is 3. The summed E-state index contributed by atoms with van der Waals surface area (Å²) in [5.41, 5.74) is 5.71. The summed E-state index contributed by atoms with van der Waals surface area (Å²) in [5, 5.41) is 6.26. The van der Waals surface area contributed by atoms with Gasteiger partial charge >= 0.3 is 0 Å². The Labute approximate surface area is 131 Å². The molecule has 0 spiro atoms. The molecule has 114 valence electrons. The van der Waals surface area contributed by atoms with E-state index in [0.717, 1.165) is 24.2 Å². The molecule has 1 fully saturated rings. The fourth-order valence-corrected chi connectivity index (χ4v) is 2.64. The van der Waals surface area contributed by atoms with Gasteiger partial charge in [0.25, 0.3) is 0 Å². The minimum absolute atomic E-state index is 0.0819. The Bertz CT molecular complexity index is 680. The topological polar surface area (TPSA) is 54.0 Å². The fourth-order valence-electron chi connectivity index (χ4n) is 2.64. The van der Waals surface area contributed by atoms with Crippen LogP contribution in [0.1, 0.15) is 29.5 Å². The lowest BCUT2D eigenvalue weighted by Crippen LogP contribution is -2.14. The fraction of sp³-hybridized carbons (Fsp3) is 0.333. The van der Waals surface area contributed by atoms with Crippen LogP contribution in [-0.2, 0) is 4.79 Å². The largest absolute Gasteiger partial charge is 0.354 e. The molecule has 1 saturated carbocycles. The van der Waals surface area contributed by atoms with Gasteiger partial charge in [-0.25, -0.2) is 4.98 Å². The Morgan fingerprint density at radius 3 is 2.36 bits per heavy atom. The molecule has 22 heavy (non-hydrogen) atoms. The summed E-state index contributed by atoms with van der Waals surface area (Å²) in [6.07, 6.45) is 3.75. The molecule has 1 aromatic carbocycles. The van der Waals surface area contributed by atoms with Crippen molar-refractivity contribution in [2.24, 2.45) is 5.92 Å². The number of carbonyl (C=O) groups is 1. The zero-order chi connectivity index (χ0) is 15.7. The number of hydrogen-bond donors (Lipinski definition) is 2. The summed E-state index contributed by atoms with van der Waals surface area (Å²) in [6.45, 7) is 6.29. The van der Waals surface area contributed by atoms with Crippen LogP contribution in [0.4, 0.5) is 17.2 Å². The molecule has 0 radical (unpaired) electrons. The smallest absolute Gasteiger partial charge is 0.228 e. The van der Waals surface area contributed by atoms with Crippen LogP contribution >= 0.6 is 0 Å². The van der Waals surface area contributed by atoms with Gasteiger partial charge in [-0.05, 0) is 56.9 Å². The number of pyridine rings is 1. The first-order valence-electron chi connectivity index (χ1n) is 7.65. The highest BCUT2D eigenvalue weighted by molar-refractivity contribution is 5.93. The molecule has 4 nitrogen and oxygen atoms in total. The quantitative estimate of drug-likeness (QED) is 0.893. The molecule has 4 heteroatoms. The Kier molecular flexibility index (Phi) is 3.84. The lowest BCUT2D eigenvalue weighted by atomic mass is 10.0. The average Bonchev–Trinajstić information content (AvgIpc) is 3.29. The van der Waals surface area contributed by atoms with Crippen LogP contribution in [0.25, 0.3) is 0 Å².